The quantitative estimate of drug-likeness (QED) is 0.696. The number of fused-ring (bicyclic) bond motifs is 1. The highest BCUT2D eigenvalue weighted by molar-refractivity contribution is 6.22. The monoisotopic (exact) mass is 394 g/mol. The number of carbonyl (C=O) groups excluding carboxylic acids is 3. The minimum Gasteiger partial charge on any atom is -0.353 e. The highest BCUT2D eigenvalue weighted by Gasteiger charge is 2.43. The van der Waals surface area contributed by atoms with Crippen LogP contribution in [0.4, 0.5) is 0 Å². The molecule has 0 aliphatic carbocycles. The van der Waals surface area contributed by atoms with Crippen LogP contribution in [0.15, 0.2) is 24.3 Å². The lowest BCUT2D eigenvalue weighted by Gasteiger charge is -2.30. The average molecular weight is 395 g/mol. The number of rotatable bonds is 6. The second-order valence-corrected chi connectivity index (χ2v) is 7.10. The molecule has 7 nitrogen and oxygen atoms in total. The Morgan fingerprint density at radius 1 is 1.11 bits per heavy atom. The van der Waals surface area contributed by atoms with E-state index in [4.69, 9.17) is 0 Å². The number of hydrogen-bond acceptors (Lipinski definition) is 5. The summed E-state index contributed by atoms with van der Waals surface area (Å²) >= 11 is 0. The topological polar surface area (TPSA) is 81.8 Å². The second-order valence-electron chi connectivity index (χ2n) is 7.10. The van der Waals surface area contributed by atoms with Crippen LogP contribution >= 0.6 is 12.4 Å². The predicted octanol–water partition coefficient (Wildman–Crippen LogP) is 0.750. The van der Waals surface area contributed by atoms with Crippen LogP contribution < -0.4 is 10.6 Å². The lowest BCUT2D eigenvalue weighted by molar-refractivity contribution is -0.126. The maximum absolute atomic E-state index is 12.8. The number of benzene rings is 1. The molecule has 3 rings (SSSR count). The van der Waals surface area contributed by atoms with E-state index in [0.29, 0.717) is 17.7 Å². The lowest BCUT2D eigenvalue weighted by Crippen LogP contribution is -2.53. The highest BCUT2D eigenvalue weighted by atomic mass is 35.5. The molecule has 2 N–H and O–H groups in total. The summed E-state index contributed by atoms with van der Waals surface area (Å²) in [7, 11) is 0. The summed E-state index contributed by atoms with van der Waals surface area (Å²) in [6.07, 6.45) is 0. The molecule has 0 aromatic heterocycles. The third-order valence-electron chi connectivity index (χ3n) is 4.94. The van der Waals surface area contributed by atoms with Gasteiger partial charge in [-0.2, -0.15) is 0 Å². The van der Waals surface area contributed by atoms with E-state index in [1.807, 2.05) is 13.8 Å². The highest BCUT2D eigenvalue weighted by Crippen LogP contribution is 2.27. The Balaban J connectivity index is 0.00000261. The molecule has 2 aliphatic heterocycles. The zero-order valence-corrected chi connectivity index (χ0v) is 16.6. The van der Waals surface area contributed by atoms with Gasteiger partial charge in [0, 0.05) is 39.3 Å². The van der Waals surface area contributed by atoms with Crippen LogP contribution in [0.25, 0.3) is 0 Å². The van der Waals surface area contributed by atoms with Gasteiger partial charge in [-0.3, -0.25) is 24.2 Å². The van der Waals surface area contributed by atoms with Gasteiger partial charge < -0.3 is 10.6 Å². The number of imide groups is 1. The van der Waals surface area contributed by atoms with Gasteiger partial charge in [-0.15, -0.1) is 12.4 Å². The van der Waals surface area contributed by atoms with E-state index in [2.05, 4.69) is 15.5 Å². The molecule has 148 valence electrons. The van der Waals surface area contributed by atoms with Crippen molar-refractivity contribution in [2.24, 2.45) is 5.92 Å². The molecule has 1 saturated heterocycles. The summed E-state index contributed by atoms with van der Waals surface area (Å²) in [6, 6.07) is 5.92. The molecule has 0 spiro atoms. The molecule has 2 aliphatic rings. The number of piperazine rings is 1. The fourth-order valence-electron chi connectivity index (χ4n) is 3.56. The Labute approximate surface area is 165 Å². The van der Waals surface area contributed by atoms with Crippen LogP contribution in [-0.4, -0.2) is 72.8 Å². The first-order valence-corrected chi connectivity index (χ1v) is 9.18. The molecule has 1 aromatic carbocycles. The van der Waals surface area contributed by atoms with Crippen LogP contribution in [0.5, 0.6) is 0 Å². The van der Waals surface area contributed by atoms with Gasteiger partial charge in [0.2, 0.25) is 5.91 Å². The summed E-state index contributed by atoms with van der Waals surface area (Å²) in [4.78, 5) is 41.5. The van der Waals surface area contributed by atoms with Crippen LogP contribution in [0.2, 0.25) is 0 Å². The summed E-state index contributed by atoms with van der Waals surface area (Å²) < 4.78 is 0. The van der Waals surface area contributed by atoms with Crippen molar-refractivity contribution in [2.75, 3.05) is 39.3 Å². The van der Waals surface area contributed by atoms with E-state index in [1.54, 1.807) is 24.3 Å². The number of amides is 3. The van der Waals surface area contributed by atoms with E-state index in [1.165, 1.54) is 0 Å². The summed E-state index contributed by atoms with van der Waals surface area (Å²) in [5.74, 6) is -1.22. The molecule has 8 heteroatoms. The van der Waals surface area contributed by atoms with Gasteiger partial charge in [-0.05, 0) is 18.1 Å². The zero-order valence-electron chi connectivity index (χ0n) is 15.7. The molecule has 1 atom stereocenters. The Morgan fingerprint density at radius 3 is 2.19 bits per heavy atom. The van der Waals surface area contributed by atoms with E-state index < -0.39 is 6.04 Å². The number of carbonyl (C=O) groups is 3. The number of nitrogens with one attached hydrogen (secondary N) is 2. The van der Waals surface area contributed by atoms with E-state index >= 15 is 0 Å². The Kier molecular flexibility index (Phi) is 7.35. The Hall–Kier alpha value is -1.96. The zero-order chi connectivity index (χ0) is 18.7. The first-order valence-electron chi connectivity index (χ1n) is 9.18. The van der Waals surface area contributed by atoms with Crippen molar-refractivity contribution in [3.05, 3.63) is 35.4 Å². The van der Waals surface area contributed by atoms with Crippen LogP contribution in [0.3, 0.4) is 0 Å². The van der Waals surface area contributed by atoms with Crippen molar-refractivity contribution in [3.63, 3.8) is 0 Å². The molecule has 1 unspecified atom stereocenters. The normalized spacial score (nSPS) is 18.3. The third kappa shape index (κ3) is 4.48. The van der Waals surface area contributed by atoms with Crippen molar-refractivity contribution < 1.29 is 14.4 Å². The number of nitrogens with zero attached hydrogens (tertiary/aromatic N) is 2. The molecule has 1 aromatic rings. The van der Waals surface area contributed by atoms with Crippen LogP contribution in [0, 0.1) is 5.92 Å². The first kappa shape index (κ1) is 21.3. The minimum atomic E-state index is -0.801. The average Bonchev–Trinajstić information content (AvgIpc) is 2.88. The molecule has 1 fully saturated rings. The number of halogens is 1. The van der Waals surface area contributed by atoms with E-state index in [9.17, 15) is 14.4 Å². The molecule has 2 heterocycles. The molecular formula is C19H27ClN4O3. The van der Waals surface area contributed by atoms with Gasteiger partial charge >= 0.3 is 0 Å². The Bertz CT molecular complexity index is 669. The number of hydrogen-bond donors (Lipinski definition) is 2. The maximum Gasteiger partial charge on any atom is 0.262 e. The summed E-state index contributed by atoms with van der Waals surface area (Å²) in [6.45, 7) is 8.80. The van der Waals surface area contributed by atoms with E-state index in [0.717, 1.165) is 37.6 Å². The fourth-order valence-corrected chi connectivity index (χ4v) is 3.56. The lowest BCUT2D eigenvalue weighted by atomic mass is 10.0. The van der Waals surface area contributed by atoms with Crippen molar-refractivity contribution in [1.29, 1.82) is 0 Å². The molecule has 0 radical (unpaired) electrons. The molecule has 3 amide bonds. The van der Waals surface area contributed by atoms with Crippen molar-refractivity contribution in [2.45, 2.75) is 19.9 Å². The minimum absolute atomic E-state index is 0. The molecule has 27 heavy (non-hydrogen) atoms. The van der Waals surface area contributed by atoms with Gasteiger partial charge in [0.25, 0.3) is 11.8 Å². The van der Waals surface area contributed by atoms with Crippen molar-refractivity contribution in [3.8, 4) is 0 Å². The van der Waals surface area contributed by atoms with Gasteiger partial charge in [0.15, 0.2) is 0 Å². The van der Waals surface area contributed by atoms with Crippen LogP contribution in [0.1, 0.15) is 34.6 Å². The third-order valence-corrected chi connectivity index (χ3v) is 4.94. The summed E-state index contributed by atoms with van der Waals surface area (Å²) in [5, 5.41) is 6.20. The first-order chi connectivity index (χ1) is 12.5. The van der Waals surface area contributed by atoms with Crippen molar-refractivity contribution in [1.82, 2.24) is 20.4 Å². The fraction of sp³-hybridized carbons (Fsp3) is 0.526. The van der Waals surface area contributed by atoms with Gasteiger partial charge in [-0.1, -0.05) is 26.0 Å². The SMILES string of the molecule is CC(C)C(C(=O)NCCN1CCNCC1)N1C(=O)c2ccccc2C1=O.Cl. The Morgan fingerprint density at radius 2 is 1.67 bits per heavy atom. The van der Waals surface area contributed by atoms with Crippen molar-refractivity contribution >= 4 is 30.1 Å². The second kappa shape index (κ2) is 9.30. The summed E-state index contributed by atoms with van der Waals surface area (Å²) in [5.41, 5.74) is 0.744. The molecular weight excluding hydrogens is 368 g/mol. The van der Waals surface area contributed by atoms with Gasteiger partial charge in [-0.25, -0.2) is 0 Å². The van der Waals surface area contributed by atoms with Gasteiger partial charge in [0.1, 0.15) is 6.04 Å². The smallest absolute Gasteiger partial charge is 0.262 e. The largest absolute Gasteiger partial charge is 0.353 e. The van der Waals surface area contributed by atoms with E-state index in [-0.39, 0.29) is 36.0 Å². The maximum atomic E-state index is 12.8. The standard InChI is InChI=1S/C19H26N4O3.ClH/c1-13(2)16(17(24)21-9-12-22-10-7-20-8-11-22)23-18(25)14-5-3-4-6-15(14)19(23)26;/h3-6,13,16,20H,7-12H2,1-2H3,(H,21,24);1H. The van der Waals surface area contributed by atoms with Gasteiger partial charge in [0.05, 0.1) is 11.1 Å². The molecule has 0 saturated carbocycles. The predicted molar refractivity (Wildman–Crippen MR) is 105 cm³/mol. The molecule has 0 bridgehead atoms. The van der Waals surface area contributed by atoms with Crippen LogP contribution in [-0.2, 0) is 4.79 Å².